The molecule has 0 amide bonds. The van der Waals surface area contributed by atoms with Crippen LogP contribution in [0.3, 0.4) is 0 Å². The van der Waals surface area contributed by atoms with Gasteiger partial charge in [0.05, 0.1) is 5.60 Å². The van der Waals surface area contributed by atoms with Crippen LogP contribution in [0.15, 0.2) is 11.6 Å². The predicted octanol–water partition coefficient (Wildman–Crippen LogP) is 3.45. The Morgan fingerprint density at radius 1 is 1.04 bits per heavy atom. The highest BCUT2D eigenvalue weighted by Crippen LogP contribution is 2.66. The van der Waals surface area contributed by atoms with Crippen molar-refractivity contribution in [1.82, 2.24) is 0 Å². The number of fused-ring (bicyclic) bond motifs is 5. The van der Waals surface area contributed by atoms with E-state index < -0.39 is 5.60 Å². The van der Waals surface area contributed by atoms with Crippen LogP contribution in [-0.2, 0) is 9.59 Å². The normalized spacial score (nSPS) is 52.5. The van der Waals surface area contributed by atoms with Gasteiger partial charge in [0.15, 0.2) is 11.6 Å². The van der Waals surface area contributed by atoms with Gasteiger partial charge < -0.3 is 5.11 Å². The summed E-state index contributed by atoms with van der Waals surface area (Å²) in [5, 5.41) is 10.9. The molecule has 0 radical (unpaired) electrons. The van der Waals surface area contributed by atoms with Gasteiger partial charge in [-0.15, -0.1) is 0 Å². The van der Waals surface area contributed by atoms with Gasteiger partial charge in [0.2, 0.25) is 0 Å². The molecule has 0 aromatic rings. The first kappa shape index (κ1) is 15.6. The molecule has 4 aliphatic rings. The van der Waals surface area contributed by atoms with Gasteiger partial charge in [0, 0.05) is 18.4 Å². The van der Waals surface area contributed by atoms with Crippen molar-refractivity contribution in [2.75, 3.05) is 0 Å². The topological polar surface area (TPSA) is 54.4 Å². The van der Waals surface area contributed by atoms with Crippen LogP contribution in [0.1, 0.15) is 65.7 Å². The summed E-state index contributed by atoms with van der Waals surface area (Å²) in [4.78, 5) is 24.6. The Kier molecular flexibility index (Phi) is 3.09. The van der Waals surface area contributed by atoms with E-state index in [0.717, 1.165) is 37.7 Å². The van der Waals surface area contributed by atoms with E-state index in [1.807, 2.05) is 6.92 Å². The molecule has 0 aromatic carbocycles. The SMILES string of the molecule is C[C@]12CCC(=O)C=C1C(=O)C[C@@H]1[C@H]2CC[C@@]2(C)[C@@H]1CC[C@]2(C)O. The maximum Gasteiger partial charge on any atom is 0.159 e. The van der Waals surface area contributed by atoms with Gasteiger partial charge in [-0.2, -0.15) is 0 Å². The van der Waals surface area contributed by atoms with Crippen molar-refractivity contribution in [2.45, 2.75) is 71.3 Å². The average molecular weight is 316 g/mol. The van der Waals surface area contributed by atoms with Gasteiger partial charge in [-0.05, 0) is 73.7 Å². The van der Waals surface area contributed by atoms with Gasteiger partial charge in [-0.25, -0.2) is 0 Å². The van der Waals surface area contributed by atoms with Gasteiger partial charge in [0.25, 0.3) is 0 Å². The van der Waals surface area contributed by atoms with E-state index in [4.69, 9.17) is 0 Å². The van der Waals surface area contributed by atoms with Crippen LogP contribution >= 0.6 is 0 Å². The monoisotopic (exact) mass is 316 g/mol. The lowest BCUT2D eigenvalue weighted by Gasteiger charge is -2.58. The zero-order valence-corrected chi connectivity index (χ0v) is 14.5. The molecule has 4 rings (SSSR count). The Balaban J connectivity index is 1.75. The molecule has 3 heteroatoms. The number of hydrogen-bond donors (Lipinski definition) is 1. The molecule has 0 bridgehead atoms. The van der Waals surface area contributed by atoms with Crippen molar-refractivity contribution in [3.63, 3.8) is 0 Å². The number of carbonyl (C=O) groups is 2. The third-order valence-corrected chi connectivity index (χ3v) is 8.35. The molecule has 0 unspecified atom stereocenters. The highest BCUT2D eigenvalue weighted by Gasteiger charge is 2.63. The van der Waals surface area contributed by atoms with E-state index in [2.05, 4.69) is 13.8 Å². The molecular weight excluding hydrogens is 288 g/mol. The fraction of sp³-hybridized carbons (Fsp3) is 0.800. The number of carbonyl (C=O) groups excluding carboxylic acids is 2. The minimum Gasteiger partial charge on any atom is -0.390 e. The fourth-order valence-corrected chi connectivity index (χ4v) is 6.63. The lowest BCUT2D eigenvalue weighted by molar-refractivity contribution is -0.140. The van der Waals surface area contributed by atoms with E-state index in [1.165, 1.54) is 0 Å². The first-order valence-electron chi connectivity index (χ1n) is 9.20. The second kappa shape index (κ2) is 4.56. The fourth-order valence-electron chi connectivity index (χ4n) is 6.63. The van der Waals surface area contributed by atoms with Crippen molar-refractivity contribution in [1.29, 1.82) is 0 Å². The molecule has 23 heavy (non-hydrogen) atoms. The number of aliphatic hydroxyl groups is 1. The summed E-state index contributed by atoms with van der Waals surface area (Å²) in [7, 11) is 0. The third kappa shape index (κ3) is 1.86. The minimum atomic E-state index is -0.606. The molecule has 4 aliphatic carbocycles. The summed E-state index contributed by atoms with van der Waals surface area (Å²) in [6.07, 6.45) is 7.63. The quantitative estimate of drug-likeness (QED) is 0.745. The number of ketones is 2. The number of hydrogen-bond acceptors (Lipinski definition) is 3. The van der Waals surface area contributed by atoms with E-state index >= 15 is 0 Å². The van der Waals surface area contributed by atoms with Crippen LogP contribution < -0.4 is 0 Å². The standard InChI is InChI=1S/C20H28O3/c1-18-7-4-12(21)10-16(18)17(22)11-13-14(18)5-8-19(2)15(13)6-9-20(19,3)23/h10,13-15,23H,4-9,11H2,1-3H3/t13-,14-,15-,18-,19+,20+/m1/s1. The number of rotatable bonds is 0. The Morgan fingerprint density at radius 2 is 1.74 bits per heavy atom. The summed E-state index contributed by atoms with van der Waals surface area (Å²) in [5.41, 5.74) is 0.0224. The van der Waals surface area contributed by atoms with Crippen molar-refractivity contribution in [3.8, 4) is 0 Å². The van der Waals surface area contributed by atoms with Crippen molar-refractivity contribution < 1.29 is 14.7 Å². The molecule has 0 aliphatic heterocycles. The summed E-state index contributed by atoms with van der Waals surface area (Å²) < 4.78 is 0. The Morgan fingerprint density at radius 3 is 2.48 bits per heavy atom. The van der Waals surface area contributed by atoms with Gasteiger partial charge in [0.1, 0.15) is 0 Å². The molecule has 3 fully saturated rings. The molecular formula is C20H28O3. The smallest absolute Gasteiger partial charge is 0.159 e. The molecule has 126 valence electrons. The Bertz CT molecular complexity index is 616. The first-order chi connectivity index (χ1) is 10.7. The molecule has 3 saturated carbocycles. The molecule has 1 N–H and O–H groups in total. The maximum atomic E-state index is 12.8. The summed E-state index contributed by atoms with van der Waals surface area (Å²) in [6.45, 7) is 6.45. The minimum absolute atomic E-state index is 0.0590. The maximum absolute atomic E-state index is 12.8. The lowest BCUT2D eigenvalue weighted by atomic mass is 9.46. The van der Waals surface area contributed by atoms with Crippen LogP contribution in [0, 0.1) is 28.6 Å². The van der Waals surface area contributed by atoms with E-state index in [0.29, 0.717) is 30.6 Å². The van der Waals surface area contributed by atoms with Crippen LogP contribution in [0.5, 0.6) is 0 Å². The average Bonchev–Trinajstić information content (AvgIpc) is 2.72. The molecule has 0 heterocycles. The lowest BCUT2D eigenvalue weighted by Crippen LogP contribution is -2.55. The molecule has 0 aromatic heterocycles. The van der Waals surface area contributed by atoms with Gasteiger partial charge in [-0.1, -0.05) is 13.8 Å². The van der Waals surface area contributed by atoms with Crippen molar-refractivity contribution >= 4 is 11.6 Å². The Hall–Kier alpha value is -0.960. The highest BCUT2D eigenvalue weighted by molar-refractivity contribution is 6.05. The van der Waals surface area contributed by atoms with Crippen molar-refractivity contribution in [3.05, 3.63) is 11.6 Å². The van der Waals surface area contributed by atoms with Crippen LogP contribution in [0.2, 0.25) is 0 Å². The number of Topliss-reactive ketones (excluding diaryl/α,β-unsaturated/α-hetero) is 1. The highest BCUT2D eigenvalue weighted by atomic mass is 16.3. The molecule has 0 spiro atoms. The second-order valence-electron chi connectivity index (χ2n) is 9.21. The zero-order valence-electron chi connectivity index (χ0n) is 14.5. The molecule has 3 nitrogen and oxygen atoms in total. The molecule has 0 saturated heterocycles. The Labute approximate surface area is 138 Å². The summed E-state index contributed by atoms with van der Waals surface area (Å²) in [6, 6.07) is 0. The second-order valence-corrected chi connectivity index (χ2v) is 9.21. The first-order valence-corrected chi connectivity index (χ1v) is 9.20. The molecule has 6 atom stereocenters. The number of allylic oxidation sites excluding steroid dienone is 1. The van der Waals surface area contributed by atoms with Gasteiger partial charge in [-0.3, -0.25) is 9.59 Å². The van der Waals surface area contributed by atoms with Crippen LogP contribution in [-0.4, -0.2) is 22.3 Å². The van der Waals surface area contributed by atoms with Crippen LogP contribution in [0.25, 0.3) is 0 Å². The zero-order chi connectivity index (χ0) is 16.6. The van der Waals surface area contributed by atoms with E-state index in [1.54, 1.807) is 6.08 Å². The van der Waals surface area contributed by atoms with Crippen molar-refractivity contribution in [2.24, 2.45) is 28.6 Å². The predicted molar refractivity (Wildman–Crippen MR) is 87.7 cm³/mol. The summed E-state index contributed by atoms with van der Waals surface area (Å²) in [5.74, 6) is 1.62. The third-order valence-electron chi connectivity index (χ3n) is 8.35. The van der Waals surface area contributed by atoms with E-state index in [-0.39, 0.29) is 22.4 Å². The van der Waals surface area contributed by atoms with Crippen LogP contribution in [0.4, 0.5) is 0 Å². The largest absolute Gasteiger partial charge is 0.390 e. The summed E-state index contributed by atoms with van der Waals surface area (Å²) >= 11 is 0. The van der Waals surface area contributed by atoms with E-state index in [9.17, 15) is 14.7 Å². The van der Waals surface area contributed by atoms with Gasteiger partial charge >= 0.3 is 0 Å².